The van der Waals surface area contributed by atoms with Gasteiger partial charge in [0, 0.05) is 17.0 Å². The fourth-order valence-electron chi connectivity index (χ4n) is 2.52. The van der Waals surface area contributed by atoms with Gasteiger partial charge >= 0.3 is 18.9 Å². The number of hydrogen-bond donors (Lipinski definition) is 1. The third-order valence-corrected chi connectivity index (χ3v) is 4.06. The number of amides is 1. The second-order valence-corrected chi connectivity index (χ2v) is 6.43. The smallest absolute Gasteiger partial charge is 0.648 e. The van der Waals surface area contributed by atoms with Gasteiger partial charge < -0.3 is 15.2 Å². The van der Waals surface area contributed by atoms with E-state index in [1.165, 1.54) is 0 Å². The molecular formula is C16H21ClLiNO2. The first kappa shape index (κ1) is 18.6. The number of benzene rings is 1. The Kier molecular flexibility index (Phi) is 6.81. The topological polar surface area (TPSA) is 51.4 Å². The fraction of sp³-hybridized carbons (Fsp3) is 0.562. The predicted molar refractivity (Wildman–Crippen MR) is 81.1 cm³/mol. The molecule has 1 aliphatic rings. The maximum absolute atomic E-state index is 12.5. The Morgan fingerprint density at radius 2 is 1.90 bits per heavy atom. The Morgan fingerprint density at radius 3 is 2.33 bits per heavy atom. The van der Waals surface area contributed by atoms with Gasteiger partial charge in [-0.05, 0) is 36.5 Å². The van der Waals surface area contributed by atoms with E-state index in [0.29, 0.717) is 10.9 Å². The molecule has 1 fully saturated rings. The molecule has 1 aromatic rings. The van der Waals surface area contributed by atoms with Gasteiger partial charge in [0.2, 0.25) is 0 Å². The van der Waals surface area contributed by atoms with Crippen molar-refractivity contribution in [3.05, 3.63) is 40.2 Å². The molecule has 1 atom stereocenters. The van der Waals surface area contributed by atoms with Crippen LogP contribution in [0.3, 0.4) is 0 Å². The second-order valence-electron chi connectivity index (χ2n) is 5.99. The fourth-order valence-corrected chi connectivity index (χ4v) is 2.65. The van der Waals surface area contributed by atoms with Gasteiger partial charge in [-0.2, -0.15) is 0 Å². The van der Waals surface area contributed by atoms with Crippen LogP contribution in [-0.4, -0.2) is 23.7 Å². The summed E-state index contributed by atoms with van der Waals surface area (Å²) < 4.78 is 0. The van der Waals surface area contributed by atoms with E-state index in [-0.39, 0.29) is 37.4 Å². The third-order valence-electron chi connectivity index (χ3n) is 3.81. The first-order valence-corrected chi connectivity index (χ1v) is 7.48. The van der Waals surface area contributed by atoms with Gasteiger partial charge in [-0.3, -0.25) is 0 Å². The molecule has 0 bridgehead atoms. The number of carbonyl (C=O) groups excluding carboxylic acids is 1. The van der Waals surface area contributed by atoms with E-state index in [1.54, 1.807) is 0 Å². The van der Waals surface area contributed by atoms with Crippen molar-refractivity contribution >= 4 is 17.5 Å². The summed E-state index contributed by atoms with van der Waals surface area (Å²) in [7, 11) is 0. The molecule has 110 valence electrons. The molecule has 21 heavy (non-hydrogen) atoms. The Morgan fingerprint density at radius 1 is 1.33 bits per heavy atom. The minimum atomic E-state index is -0.463. The Balaban J connectivity index is 0.00000220. The molecule has 3 nitrogen and oxygen atoms in total. The van der Waals surface area contributed by atoms with Gasteiger partial charge in [-0.1, -0.05) is 50.0 Å². The number of rotatable bonds is 6. The van der Waals surface area contributed by atoms with Crippen molar-refractivity contribution in [2.45, 2.75) is 44.6 Å². The first-order valence-electron chi connectivity index (χ1n) is 7.10. The van der Waals surface area contributed by atoms with Crippen LogP contribution >= 0.6 is 11.6 Å². The molecule has 5 heteroatoms. The average Bonchev–Trinajstić information content (AvgIpc) is 3.19. The van der Waals surface area contributed by atoms with Crippen molar-refractivity contribution in [3.63, 3.8) is 0 Å². The van der Waals surface area contributed by atoms with Crippen molar-refractivity contribution in [2.24, 2.45) is 5.92 Å². The largest absolute Gasteiger partial charge is 1.00 e. The number of halogens is 1. The van der Waals surface area contributed by atoms with Crippen LogP contribution in [0.4, 0.5) is 0 Å². The van der Waals surface area contributed by atoms with Crippen LogP contribution in [0.15, 0.2) is 24.3 Å². The predicted octanol–water partition coefficient (Wildman–Crippen LogP) is 0.683. The van der Waals surface area contributed by atoms with Crippen molar-refractivity contribution in [1.29, 1.82) is 0 Å². The Hall–Kier alpha value is -0.463. The maximum atomic E-state index is 12.5. The second kappa shape index (κ2) is 7.70. The van der Waals surface area contributed by atoms with Gasteiger partial charge in [-0.15, -0.1) is 0 Å². The molecule has 1 aromatic carbocycles. The summed E-state index contributed by atoms with van der Waals surface area (Å²) in [4.78, 5) is 12.5. The van der Waals surface area contributed by atoms with Crippen molar-refractivity contribution in [2.75, 3.05) is 6.61 Å². The SMILES string of the molecule is CC(C)C[C@H](CO)[N-]C(=O)C1(c2ccc(Cl)cc2)CC1.[Li+]. The Bertz CT molecular complexity index is 472. The first-order chi connectivity index (χ1) is 9.48. The Labute approximate surface area is 143 Å². The van der Waals surface area contributed by atoms with Crippen molar-refractivity contribution in [1.82, 2.24) is 0 Å². The average molecular weight is 302 g/mol. The standard InChI is InChI=1S/C16H22ClNO2.Li/c1-11(2)9-14(10-19)18-15(20)16(7-8-16)12-3-5-13(17)6-4-12;/h3-6,11,14,19H,7-10H2,1-2H3,(H,18,20);/q;+1/p-1/t14-;/m1./s1. The number of aliphatic hydroxyl groups is 1. The van der Waals surface area contributed by atoms with E-state index in [2.05, 4.69) is 19.2 Å². The van der Waals surface area contributed by atoms with Crippen LogP contribution in [0, 0.1) is 5.92 Å². The molecule has 0 spiro atoms. The normalized spacial score (nSPS) is 17.0. The van der Waals surface area contributed by atoms with Crippen LogP contribution in [0.5, 0.6) is 0 Å². The summed E-state index contributed by atoms with van der Waals surface area (Å²) in [6.45, 7) is 4.06. The van der Waals surface area contributed by atoms with Gasteiger partial charge in [0.15, 0.2) is 0 Å². The van der Waals surface area contributed by atoms with Gasteiger partial charge in [0.25, 0.3) is 0 Å². The van der Waals surface area contributed by atoms with Crippen LogP contribution in [0.2, 0.25) is 5.02 Å². The molecule has 0 saturated heterocycles. The number of nitrogens with zero attached hydrogens (tertiary/aromatic N) is 1. The molecule has 1 saturated carbocycles. The maximum Gasteiger partial charge on any atom is 1.00 e. The zero-order chi connectivity index (χ0) is 14.8. The minimum absolute atomic E-state index is 0. The van der Waals surface area contributed by atoms with E-state index in [9.17, 15) is 9.90 Å². The molecule has 2 rings (SSSR count). The van der Waals surface area contributed by atoms with E-state index < -0.39 is 5.41 Å². The molecule has 0 radical (unpaired) electrons. The number of carbonyl (C=O) groups is 1. The van der Waals surface area contributed by atoms with Gasteiger partial charge in [0.1, 0.15) is 0 Å². The molecule has 1 amide bonds. The summed E-state index contributed by atoms with van der Waals surface area (Å²) in [5.74, 6) is 0.314. The van der Waals surface area contributed by atoms with Crippen LogP contribution in [0.25, 0.3) is 5.32 Å². The molecule has 1 N–H and O–H groups in total. The van der Waals surface area contributed by atoms with Crippen molar-refractivity contribution in [3.8, 4) is 0 Å². The van der Waals surface area contributed by atoms with E-state index in [0.717, 1.165) is 24.8 Å². The quantitative estimate of drug-likeness (QED) is 0.786. The summed E-state index contributed by atoms with van der Waals surface area (Å²) in [5.41, 5.74) is 0.520. The monoisotopic (exact) mass is 301 g/mol. The van der Waals surface area contributed by atoms with Crippen LogP contribution < -0.4 is 18.9 Å². The van der Waals surface area contributed by atoms with Crippen molar-refractivity contribution < 1.29 is 28.8 Å². The molecular weight excluding hydrogens is 281 g/mol. The number of aliphatic hydroxyl groups excluding tert-OH is 1. The zero-order valence-electron chi connectivity index (χ0n) is 13.0. The molecule has 0 unspecified atom stereocenters. The molecule has 0 aliphatic heterocycles. The summed E-state index contributed by atoms with van der Waals surface area (Å²) >= 11 is 5.88. The van der Waals surface area contributed by atoms with Crippen LogP contribution in [0.1, 0.15) is 38.7 Å². The van der Waals surface area contributed by atoms with Crippen LogP contribution in [-0.2, 0) is 10.2 Å². The zero-order valence-corrected chi connectivity index (χ0v) is 13.7. The third kappa shape index (κ3) is 4.50. The number of hydrogen-bond acceptors (Lipinski definition) is 2. The minimum Gasteiger partial charge on any atom is -0.648 e. The molecule has 0 heterocycles. The van der Waals surface area contributed by atoms with E-state index >= 15 is 0 Å². The summed E-state index contributed by atoms with van der Waals surface area (Å²) in [6, 6.07) is 7.13. The van der Waals surface area contributed by atoms with Gasteiger partial charge in [0.05, 0.1) is 5.91 Å². The summed E-state index contributed by atoms with van der Waals surface area (Å²) in [5, 5.41) is 14.3. The molecule has 1 aliphatic carbocycles. The van der Waals surface area contributed by atoms with E-state index in [1.807, 2.05) is 24.3 Å². The molecule has 0 aromatic heterocycles. The van der Waals surface area contributed by atoms with E-state index in [4.69, 9.17) is 11.6 Å². The summed E-state index contributed by atoms with van der Waals surface area (Å²) in [6.07, 6.45) is 2.40. The van der Waals surface area contributed by atoms with Gasteiger partial charge in [-0.25, -0.2) is 0 Å².